The topological polar surface area (TPSA) is 20.2 Å². The predicted molar refractivity (Wildman–Crippen MR) is 68.2 cm³/mol. The van der Waals surface area contributed by atoms with Gasteiger partial charge in [-0.25, -0.2) is 0 Å². The van der Waals surface area contributed by atoms with Gasteiger partial charge in [0.2, 0.25) is 0 Å². The second-order valence-corrected chi connectivity index (χ2v) is 5.90. The van der Waals surface area contributed by atoms with Crippen molar-refractivity contribution in [3.05, 3.63) is 23.8 Å². The van der Waals surface area contributed by atoms with Crippen LogP contribution in [0.3, 0.4) is 0 Å². The molecule has 0 amide bonds. The normalized spacial score (nSPS) is 38.4. The predicted octanol–water partition coefficient (Wildman–Crippen LogP) is 3.70. The lowest BCUT2D eigenvalue weighted by molar-refractivity contribution is 0.240. The van der Waals surface area contributed by atoms with Gasteiger partial charge in [-0.2, -0.15) is 0 Å². The standard InChI is InChI=1S/C15H24O/c1-11(10-16)5-4-8-15(3)12(2)13-6-7-14(15)9-13/h5,13-14,16H,2,4,6-10H2,1,3H3/b11-5-/t13-,14+,15?/m1/s1. The Morgan fingerprint density at radius 2 is 2.31 bits per heavy atom. The third-order valence-electron chi connectivity index (χ3n) is 4.97. The number of rotatable bonds is 4. The SMILES string of the molecule is C=C1[C@@H]2CC[C@@H](C2)C1(C)CC/C=C(/C)CO. The molecule has 2 saturated carbocycles. The van der Waals surface area contributed by atoms with Crippen LogP contribution in [-0.2, 0) is 0 Å². The molecule has 0 aromatic rings. The number of allylic oxidation sites excluding steroid dienone is 2. The van der Waals surface area contributed by atoms with Crippen LogP contribution in [0.15, 0.2) is 23.8 Å². The van der Waals surface area contributed by atoms with E-state index in [0.29, 0.717) is 5.41 Å². The summed E-state index contributed by atoms with van der Waals surface area (Å²) in [7, 11) is 0. The molecule has 90 valence electrons. The van der Waals surface area contributed by atoms with Gasteiger partial charge in [0.25, 0.3) is 0 Å². The van der Waals surface area contributed by atoms with Crippen molar-refractivity contribution in [1.82, 2.24) is 0 Å². The third-order valence-corrected chi connectivity index (χ3v) is 4.97. The zero-order chi connectivity index (χ0) is 11.8. The molecule has 0 saturated heterocycles. The van der Waals surface area contributed by atoms with E-state index in [4.69, 9.17) is 5.11 Å². The van der Waals surface area contributed by atoms with Gasteiger partial charge in [-0.1, -0.05) is 30.7 Å². The molecular weight excluding hydrogens is 196 g/mol. The quantitative estimate of drug-likeness (QED) is 0.716. The summed E-state index contributed by atoms with van der Waals surface area (Å²) < 4.78 is 0. The average molecular weight is 220 g/mol. The monoisotopic (exact) mass is 220 g/mol. The summed E-state index contributed by atoms with van der Waals surface area (Å²) in [6, 6.07) is 0. The van der Waals surface area contributed by atoms with E-state index in [1.165, 1.54) is 31.3 Å². The minimum atomic E-state index is 0.198. The second kappa shape index (κ2) is 4.37. The van der Waals surface area contributed by atoms with Gasteiger partial charge in [-0.05, 0) is 56.3 Å². The molecule has 0 aliphatic heterocycles. The number of aliphatic hydroxyl groups is 1. The molecule has 16 heavy (non-hydrogen) atoms. The number of hydrogen-bond acceptors (Lipinski definition) is 1. The van der Waals surface area contributed by atoms with Crippen LogP contribution in [0.5, 0.6) is 0 Å². The van der Waals surface area contributed by atoms with Crippen molar-refractivity contribution in [2.75, 3.05) is 6.61 Å². The maximum absolute atomic E-state index is 8.96. The van der Waals surface area contributed by atoms with E-state index in [1.807, 2.05) is 6.92 Å². The van der Waals surface area contributed by atoms with Gasteiger partial charge in [0.15, 0.2) is 0 Å². The molecule has 0 radical (unpaired) electrons. The smallest absolute Gasteiger partial charge is 0.0639 e. The summed E-state index contributed by atoms with van der Waals surface area (Å²) in [5.41, 5.74) is 2.99. The minimum absolute atomic E-state index is 0.198. The Bertz CT molecular complexity index is 315. The zero-order valence-corrected chi connectivity index (χ0v) is 10.6. The van der Waals surface area contributed by atoms with Crippen LogP contribution < -0.4 is 0 Å². The van der Waals surface area contributed by atoms with Crippen molar-refractivity contribution >= 4 is 0 Å². The highest BCUT2D eigenvalue weighted by molar-refractivity contribution is 5.24. The van der Waals surface area contributed by atoms with Gasteiger partial charge in [-0.3, -0.25) is 0 Å². The molecule has 1 heteroatoms. The fourth-order valence-corrected chi connectivity index (χ4v) is 3.65. The summed E-state index contributed by atoms with van der Waals surface area (Å²) in [5, 5.41) is 8.96. The lowest BCUT2D eigenvalue weighted by atomic mass is 9.69. The number of fused-ring (bicyclic) bond motifs is 2. The second-order valence-electron chi connectivity index (χ2n) is 5.90. The molecule has 1 N–H and O–H groups in total. The molecule has 2 rings (SSSR count). The van der Waals surface area contributed by atoms with E-state index < -0.39 is 0 Å². The first-order valence-corrected chi connectivity index (χ1v) is 6.53. The molecule has 3 atom stereocenters. The van der Waals surface area contributed by atoms with Crippen LogP contribution in [-0.4, -0.2) is 11.7 Å². The van der Waals surface area contributed by atoms with Crippen molar-refractivity contribution in [3.63, 3.8) is 0 Å². The molecule has 0 aromatic heterocycles. The Hall–Kier alpha value is -0.560. The largest absolute Gasteiger partial charge is 0.392 e. The Balaban J connectivity index is 1.96. The van der Waals surface area contributed by atoms with Crippen molar-refractivity contribution in [3.8, 4) is 0 Å². The molecule has 0 aromatic carbocycles. The summed E-state index contributed by atoms with van der Waals surface area (Å²) >= 11 is 0. The van der Waals surface area contributed by atoms with Crippen LogP contribution in [0.2, 0.25) is 0 Å². The lowest BCUT2D eigenvalue weighted by Gasteiger charge is -2.36. The van der Waals surface area contributed by atoms with Crippen LogP contribution in [0.1, 0.15) is 46.0 Å². The molecule has 2 aliphatic carbocycles. The van der Waals surface area contributed by atoms with Crippen molar-refractivity contribution in [2.24, 2.45) is 17.3 Å². The van der Waals surface area contributed by atoms with E-state index in [0.717, 1.165) is 23.8 Å². The summed E-state index contributed by atoms with van der Waals surface area (Å²) in [5.74, 6) is 1.70. The Morgan fingerprint density at radius 3 is 2.88 bits per heavy atom. The van der Waals surface area contributed by atoms with E-state index in [9.17, 15) is 0 Å². The van der Waals surface area contributed by atoms with Crippen molar-refractivity contribution in [1.29, 1.82) is 0 Å². The maximum atomic E-state index is 8.96. The van der Waals surface area contributed by atoms with Gasteiger partial charge < -0.3 is 5.11 Å². The first-order valence-electron chi connectivity index (χ1n) is 6.53. The van der Waals surface area contributed by atoms with Gasteiger partial charge in [0, 0.05) is 0 Å². The Labute approximate surface area is 99.3 Å². The highest BCUT2D eigenvalue weighted by Crippen LogP contribution is 2.60. The third kappa shape index (κ3) is 1.86. The summed E-state index contributed by atoms with van der Waals surface area (Å²) in [6.45, 7) is 8.94. The van der Waals surface area contributed by atoms with Gasteiger partial charge in [0.05, 0.1) is 6.61 Å². The van der Waals surface area contributed by atoms with E-state index in [-0.39, 0.29) is 6.61 Å². The summed E-state index contributed by atoms with van der Waals surface area (Å²) in [6.07, 6.45) is 8.66. The molecule has 2 fully saturated rings. The highest BCUT2D eigenvalue weighted by Gasteiger charge is 2.49. The molecule has 2 bridgehead atoms. The summed E-state index contributed by atoms with van der Waals surface area (Å²) in [4.78, 5) is 0. The van der Waals surface area contributed by atoms with E-state index in [2.05, 4.69) is 19.6 Å². The van der Waals surface area contributed by atoms with E-state index >= 15 is 0 Å². The van der Waals surface area contributed by atoms with Crippen molar-refractivity contribution in [2.45, 2.75) is 46.0 Å². The average Bonchev–Trinajstić information content (AvgIpc) is 2.83. The minimum Gasteiger partial charge on any atom is -0.392 e. The Kier molecular flexibility index (Phi) is 3.25. The van der Waals surface area contributed by atoms with Crippen LogP contribution in [0.4, 0.5) is 0 Å². The van der Waals surface area contributed by atoms with Gasteiger partial charge >= 0.3 is 0 Å². The molecule has 0 heterocycles. The van der Waals surface area contributed by atoms with Crippen LogP contribution >= 0.6 is 0 Å². The van der Waals surface area contributed by atoms with Gasteiger partial charge in [0.1, 0.15) is 0 Å². The Morgan fingerprint density at radius 1 is 1.56 bits per heavy atom. The number of aliphatic hydroxyl groups excluding tert-OH is 1. The molecule has 1 nitrogen and oxygen atoms in total. The molecule has 1 unspecified atom stereocenters. The van der Waals surface area contributed by atoms with Crippen LogP contribution in [0, 0.1) is 17.3 Å². The zero-order valence-electron chi connectivity index (χ0n) is 10.6. The van der Waals surface area contributed by atoms with Crippen molar-refractivity contribution < 1.29 is 5.11 Å². The maximum Gasteiger partial charge on any atom is 0.0639 e. The molecular formula is C15H24O. The fraction of sp³-hybridized carbons (Fsp3) is 0.733. The highest BCUT2D eigenvalue weighted by atomic mass is 16.3. The van der Waals surface area contributed by atoms with Crippen LogP contribution in [0.25, 0.3) is 0 Å². The molecule has 2 aliphatic rings. The van der Waals surface area contributed by atoms with E-state index in [1.54, 1.807) is 0 Å². The number of hydrogen-bond donors (Lipinski definition) is 1. The first kappa shape index (κ1) is 11.9. The lowest BCUT2D eigenvalue weighted by Crippen LogP contribution is -2.26. The first-order chi connectivity index (χ1) is 7.58. The fourth-order valence-electron chi connectivity index (χ4n) is 3.65. The van der Waals surface area contributed by atoms with Gasteiger partial charge in [-0.15, -0.1) is 0 Å². The molecule has 0 spiro atoms.